The molecule has 2 rings (SSSR count). The van der Waals surface area contributed by atoms with Crippen molar-refractivity contribution in [1.29, 1.82) is 0 Å². The van der Waals surface area contributed by atoms with E-state index < -0.39 is 23.2 Å². The van der Waals surface area contributed by atoms with Gasteiger partial charge in [-0.05, 0) is 52.7 Å². The summed E-state index contributed by atoms with van der Waals surface area (Å²) in [5, 5.41) is 2.25. The van der Waals surface area contributed by atoms with Crippen LogP contribution in [0.3, 0.4) is 0 Å². The van der Waals surface area contributed by atoms with Crippen LogP contribution in [-0.2, 0) is 0 Å². The Labute approximate surface area is 129 Å². The fourth-order valence-corrected chi connectivity index (χ4v) is 2.18. The monoisotopic (exact) mass is 355 g/mol. The van der Waals surface area contributed by atoms with Gasteiger partial charge in [0.25, 0.3) is 5.91 Å². The molecule has 21 heavy (non-hydrogen) atoms. The number of methoxy groups -OCH3 is 1. The highest BCUT2D eigenvalue weighted by molar-refractivity contribution is 9.10. The van der Waals surface area contributed by atoms with E-state index in [-0.39, 0.29) is 11.1 Å². The van der Waals surface area contributed by atoms with Gasteiger partial charge >= 0.3 is 0 Å². The first-order chi connectivity index (χ1) is 9.93. The number of aryl methyl sites for hydroxylation is 1. The van der Waals surface area contributed by atoms with Crippen LogP contribution in [0.4, 0.5) is 14.5 Å². The first-order valence-electron chi connectivity index (χ1n) is 6.03. The van der Waals surface area contributed by atoms with E-state index in [9.17, 15) is 13.6 Å². The first-order valence-corrected chi connectivity index (χ1v) is 6.83. The van der Waals surface area contributed by atoms with Crippen LogP contribution in [0.2, 0.25) is 0 Å². The zero-order valence-electron chi connectivity index (χ0n) is 11.3. The average molecular weight is 356 g/mol. The van der Waals surface area contributed by atoms with E-state index >= 15 is 0 Å². The molecule has 0 heterocycles. The van der Waals surface area contributed by atoms with E-state index in [0.717, 1.165) is 6.07 Å². The van der Waals surface area contributed by atoms with Gasteiger partial charge in [0.1, 0.15) is 17.3 Å². The van der Waals surface area contributed by atoms with Crippen LogP contribution in [0.1, 0.15) is 15.9 Å². The van der Waals surface area contributed by atoms with Gasteiger partial charge < -0.3 is 10.1 Å². The second-order valence-corrected chi connectivity index (χ2v) is 5.21. The van der Waals surface area contributed by atoms with Gasteiger partial charge in [-0.15, -0.1) is 0 Å². The Kier molecular flexibility index (Phi) is 4.57. The van der Waals surface area contributed by atoms with Crippen molar-refractivity contribution in [2.45, 2.75) is 6.92 Å². The van der Waals surface area contributed by atoms with Crippen LogP contribution in [-0.4, -0.2) is 13.0 Å². The predicted octanol–water partition coefficient (Wildman–Crippen LogP) is 4.30. The molecule has 0 bridgehead atoms. The van der Waals surface area contributed by atoms with Gasteiger partial charge in [0, 0.05) is 4.47 Å². The molecule has 3 nitrogen and oxygen atoms in total. The summed E-state index contributed by atoms with van der Waals surface area (Å²) in [5.41, 5.74) is 0.000726. The summed E-state index contributed by atoms with van der Waals surface area (Å²) in [7, 11) is 1.46. The molecule has 1 amide bonds. The number of hydrogen-bond acceptors (Lipinski definition) is 2. The molecule has 2 aromatic carbocycles. The minimum absolute atomic E-state index is 0.217. The largest absolute Gasteiger partial charge is 0.497 e. The summed E-state index contributed by atoms with van der Waals surface area (Å²) in [4.78, 5) is 12.2. The van der Waals surface area contributed by atoms with Gasteiger partial charge in [0.15, 0.2) is 5.82 Å². The summed E-state index contributed by atoms with van der Waals surface area (Å²) in [6.07, 6.45) is 0. The Bertz CT molecular complexity index is 704. The molecule has 0 radical (unpaired) electrons. The van der Waals surface area contributed by atoms with E-state index in [1.165, 1.54) is 26.2 Å². The summed E-state index contributed by atoms with van der Waals surface area (Å²) >= 11 is 3.22. The molecule has 0 aromatic heterocycles. The molecule has 0 fully saturated rings. The molecule has 2 aromatic rings. The SMILES string of the molecule is COc1ccc(Br)c(C(=O)Nc2c(F)ccc(C)c2F)c1. The molecule has 6 heteroatoms. The van der Waals surface area contributed by atoms with Gasteiger partial charge in [-0.25, -0.2) is 8.78 Å². The summed E-state index contributed by atoms with van der Waals surface area (Å²) in [6, 6.07) is 7.17. The fourth-order valence-electron chi connectivity index (χ4n) is 1.76. The zero-order chi connectivity index (χ0) is 15.6. The average Bonchev–Trinajstić information content (AvgIpc) is 2.48. The van der Waals surface area contributed by atoms with Crippen LogP contribution in [0.5, 0.6) is 5.75 Å². The van der Waals surface area contributed by atoms with Gasteiger partial charge in [0.05, 0.1) is 12.7 Å². The molecule has 0 saturated carbocycles. The lowest BCUT2D eigenvalue weighted by molar-refractivity contribution is 0.102. The number of carbonyl (C=O) groups is 1. The van der Waals surface area contributed by atoms with E-state index in [4.69, 9.17) is 4.74 Å². The molecular weight excluding hydrogens is 344 g/mol. The van der Waals surface area contributed by atoms with E-state index in [1.807, 2.05) is 0 Å². The maximum atomic E-state index is 13.9. The van der Waals surface area contributed by atoms with Crippen LogP contribution in [0, 0.1) is 18.6 Å². The quantitative estimate of drug-likeness (QED) is 0.891. The third-order valence-corrected chi connectivity index (χ3v) is 3.63. The van der Waals surface area contributed by atoms with Gasteiger partial charge in [-0.3, -0.25) is 4.79 Å². The highest BCUT2D eigenvalue weighted by atomic mass is 79.9. The van der Waals surface area contributed by atoms with Crippen LogP contribution in [0.15, 0.2) is 34.8 Å². The Morgan fingerprint density at radius 2 is 1.95 bits per heavy atom. The van der Waals surface area contributed by atoms with Crippen molar-refractivity contribution in [1.82, 2.24) is 0 Å². The molecule has 0 aliphatic carbocycles. The van der Waals surface area contributed by atoms with Crippen LogP contribution < -0.4 is 10.1 Å². The lowest BCUT2D eigenvalue weighted by Crippen LogP contribution is -2.15. The fraction of sp³-hybridized carbons (Fsp3) is 0.133. The van der Waals surface area contributed by atoms with Crippen LogP contribution in [0.25, 0.3) is 0 Å². The lowest BCUT2D eigenvalue weighted by atomic mass is 10.1. The molecule has 0 saturated heterocycles. The summed E-state index contributed by atoms with van der Waals surface area (Å²) < 4.78 is 33.1. The number of halogens is 3. The van der Waals surface area contributed by atoms with Crippen molar-refractivity contribution in [2.75, 3.05) is 12.4 Å². The maximum Gasteiger partial charge on any atom is 0.257 e. The Morgan fingerprint density at radius 3 is 2.62 bits per heavy atom. The smallest absolute Gasteiger partial charge is 0.257 e. The molecule has 1 N–H and O–H groups in total. The van der Waals surface area contributed by atoms with Crippen molar-refractivity contribution < 1.29 is 18.3 Å². The molecule has 0 aliphatic heterocycles. The minimum Gasteiger partial charge on any atom is -0.497 e. The van der Waals surface area contributed by atoms with Gasteiger partial charge in [0.2, 0.25) is 0 Å². The van der Waals surface area contributed by atoms with Crippen molar-refractivity contribution in [3.05, 3.63) is 57.6 Å². The van der Waals surface area contributed by atoms with Crippen LogP contribution >= 0.6 is 15.9 Å². The van der Waals surface area contributed by atoms with Crippen molar-refractivity contribution >= 4 is 27.5 Å². The highest BCUT2D eigenvalue weighted by Gasteiger charge is 2.17. The zero-order valence-corrected chi connectivity index (χ0v) is 12.9. The third-order valence-electron chi connectivity index (χ3n) is 2.94. The standard InChI is InChI=1S/C15H12BrF2NO2/c1-8-3-6-12(17)14(13(8)18)19-15(20)10-7-9(21-2)4-5-11(10)16/h3-7H,1-2H3,(H,19,20). The predicted molar refractivity (Wildman–Crippen MR) is 79.7 cm³/mol. The van der Waals surface area contributed by atoms with Crippen molar-refractivity contribution in [3.8, 4) is 5.75 Å². The summed E-state index contributed by atoms with van der Waals surface area (Å²) in [5.74, 6) is -1.79. The minimum atomic E-state index is -0.828. The number of anilines is 1. The number of ether oxygens (including phenoxy) is 1. The van der Waals surface area contributed by atoms with Crippen molar-refractivity contribution in [2.24, 2.45) is 0 Å². The Balaban J connectivity index is 2.37. The Morgan fingerprint density at radius 1 is 1.24 bits per heavy atom. The number of amides is 1. The highest BCUT2D eigenvalue weighted by Crippen LogP contribution is 2.26. The summed E-state index contributed by atoms with van der Waals surface area (Å²) in [6.45, 7) is 1.49. The normalized spacial score (nSPS) is 10.3. The number of nitrogens with one attached hydrogen (secondary N) is 1. The lowest BCUT2D eigenvalue weighted by Gasteiger charge is -2.11. The first kappa shape index (κ1) is 15.4. The molecule has 0 spiro atoms. The molecule has 0 atom stereocenters. The maximum absolute atomic E-state index is 13.9. The number of rotatable bonds is 3. The Hall–Kier alpha value is -1.95. The molecule has 0 unspecified atom stereocenters. The molecular formula is C15H12BrF2NO2. The molecule has 110 valence electrons. The van der Waals surface area contributed by atoms with E-state index in [2.05, 4.69) is 21.2 Å². The van der Waals surface area contributed by atoms with E-state index in [0.29, 0.717) is 10.2 Å². The van der Waals surface area contributed by atoms with E-state index in [1.54, 1.807) is 12.1 Å². The number of hydrogen-bond donors (Lipinski definition) is 1. The third kappa shape index (κ3) is 3.21. The number of benzene rings is 2. The number of carbonyl (C=O) groups excluding carboxylic acids is 1. The second-order valence-electron chi connectivity index (χ2n) is 4.35. The van der Waals surface area contributed by atoms with Crippen molar-refractivity contribution in [3.63, 3.8) is 0 Å². The van der Waals surface area contributed by atoms with Gasteiger partial charge in [-0.2, -0.15) is 0 Å². The van der Waals surface area contributed by atoms with Gasteiger partial charge in [-0.1, -0.05) is 6.07 Å². The second kappa shape index (κ2) is 6.22. The topological polar surface area (TPSA) is 38.3 Å². The molecule has 0 aliphatic rings.